The Morgan fingerprint density at radius 2 is 1.93 bits per heavy atom. The molecule has 1 fully saturated rings. The van der Waals surface area contributed by atoms with E-state index >= 15 is 0 Å². The first-order valence-electron chi connectivity index (χ1n) is 5.31. The lowest BCUT2D eigenvalue weighted by atomic mass is 10.0. The van der Waals surface area contributed by atoms with E-state index < -0.39 is 10.0 Å². The van der Waals surface area contributed by atoms with Gasteiger partial charge in [0.05, 0.1) is 6.26 Å². The van der Waals surface area contributed by atoms with Crippen LogP contribution in [0.15, 0.2) is 0 Å². The first-order chi connectivity index (χ1) is 7.08. The van der Waals surface area contributed by atoms with Crippen molar-refractivity contribution >= 4 is 10.0 Å². The van der Waals surface area contributed by atoms with Crippen LogP contribution in [0.5, 0.6) is 0 Å². The molecule has 1 aliphatic heterocycles. The zero-order valence-electron chi connectivity index (χ0n) is 9.16. The lowest BCUT2D eigenvalue weighted by Crippen LogP contribution is -2.34. The molecule has 0 aromatic rings. The molecule has 0 aromatic carbocycles. The quantitative estimate of drug-likeness (QED) is 0.613. The van der Waals surface area contributed by atoms with Crippen LogP contribution in [0.3, 0.4) is 0 Å². The normalized spacial score (nSPS) is 19.3. The van der Waals surface area contributed by atoms with Crippen LogP contribution in [0.4, 0.5) is 0 Å². The second-order valence-corrected chi connectivity index (χ2v) is 5.76. The summed E-state index contributed by atoms with van der Waals surface area (Å²) < 4.78 is 29.2. The van der Waals surface area contributed by atoms with Gasteiger partial charge in [0, 0.05) is 26.3 Å². The summed E-state index contributed by atoms with van der Waals surface area (Å²) in [7, 11) is -3.04. The average Bonchev–Trinajstić information content (AvgIpc) is 2.17. The molecular formula is C9H20N2O3S. The van der Waals surface area contributed by atoms with Crippen LogP contribution >= 0.6 is 0 Å². The van der Waals surface area contributed by atoms with Gasteiger partial charge in [0.2, 0.25) is 10.0 Å². The monoisotopic (exact) mass is 236 g/mol. The second-order valence-electron chi connectivity index (χ2n) is 3.93. The zero-order valence-corrected chi connectivity index (χ0v) is 9.98. The first kappa shape index (κ1) is 12.9. The molecule has 5 nitrogen and oxygen atoms in total. The van der Waals surface area contributed by atoms with Crippen molar-refractivity contribution in [2.24, 2.45) is 5.92 Å². The van der Waals surface area contributed by atoms with Crippen molar-refractivity contribution in [1.82, 2.24) is 10.0 Å². The average molecular weight is 236 g/mol. The maximum absolute atomic E-state index is 10.7. The van der Waals surface area contributed by atoms with Crippen LogP contribution in [0, 0.1) is 5.92 Å². The van der Waals surface area contributed by atoms with Gasteiger partial charge in [0.25, 0.3) is 0 Å². The lowest BCUT2D eigenvalue weighted by Gasteiger charge is -2.22. The molecule has 90 valence electrons. The van der Waals surface area contributed by atoms with Crippen LogP contribution < -0.4 is 10.0 Å². The number of ether oxygens (including phenoxy) is 1. The molecule has 1 saturated heterocycles. The molecule has 0 saturated carbocycles. The standard InChI is InChI=1S/C9H20N2O3S/c1-15(12,13)11-5-4-10-8-9-2-6-14-7-3-9/h9-11H,2-8H2,1H3. The number of rotatable bonds is 6. The molecule has 0 unspecified atom stereocenters. The summed E-state index contributed by atoms with van der Waals surface area (Å²) in [5.74, 6) is 0.678. The van der Waals surface area contributed by atoms with Gasteiger partial charge in [-0.15, -0.1) is 0 Å². The van der Waals surface area contributed by atoms with E-state index in [9.17, 15) is 8.42 Å². The van der Waals surface area contributed by atoms with E-state index in [-0.39, 0.29) is 0 Å². The van der Waals surface area contributed by atoms with Crippen LogP contribution in [0.1, 0.15) is 12.8 Å². The molecule has 0 amide bonds. The van der Waals surface area contributed by atoms with Gasteiger partial charge in [-0.05, 0) is 25.3 Å². The predicted molar refractivity (Wildman–Crippen MR) is 59.3 cm³/mol. The Kier molecular flexibility index (Phi) is 5.52. The summed E-state index contributed by atoms with van der Waals surface area (Å²) in [6.07, 6.45) is 3.38. The van der Waals surface area contributed by atoms with Crippen molar-refractivity contribution in [3.8, 4) is 0 Å². The van der Waals surface area contributed by atoms with Crippen molar-refractivity contribution in [3.63, 3.8) is 0 Å². The number of hydrogen-bond donors (Lipinski definition) is 2. The van der Waals surface area contributed by atoms with Crippen molar-refractivity contribution in [3.05, 3.63) is 0 Å². The van der Waals surface area contributed by atoms with Gasteiger partial charge in [-0.2, -0.15) is 0 Å². The van der Waals surface area contributed by atoms with Gasteiger partial charge in [-0.3, -0.25) is 0 Å². The fourth-order valence-corrected chi connectivity index (χ4v) is 2.05. The van der Waals surface area contributed by atoms with Crippen LogP contribution in [0.2, 0.25) is 0 Å². The molecule has 1 aliphatic rings. The smallest absolute Gasteiger partial charge is 0.208 e. The fourth-order valence-electron chi connectivity index (χ4n) is 1.58. The largest absolute Gasteiger partial charge is 0.381 e. The molecule has 1 heterocycles. The molecular weight excluding hydrogens is 216 g/mol. The van der Waals surface area contributed by atoms with Gasteiger partial charge >= 0.3 is 0 Å². The minimum absolute atomic E-state index is 0.460. The zero-order chi connectivity index (χ0) is 11.1. The van der Waals surface area contributed by atoms with Crippen molar-refractivity contribution in [2.75, 3.05) is 39.1 Å². The van der Waals surface area contributed by atoms with Gasteiger partial charge in [0.15, 0.2) is 0 Å². The van der Waals surface area contributed by atoms with Crippen molar-refractivity contribution in [2.45, 2.75) is 12.8 Å². The summed E-state index contributed by atoms with van der Waals surface area (Å²) in [5, 5.41) is 3.25. The van der Waals surface area contributed by atoms with Gasteiger partial charge < -0.3 is 10.1 Å². The van der Waals surface area contributed by atoms with E-state index in [1.54, 1.807) is 0 Å². The molecule has 2 N–H and O–H groups in total. The molecule has 15 heavy (non-hydrogen) atoms. The van der Waals surface area contributed by atoms with Crippen molar-refractivity contribution < 1.29 is 13.2 Å². The van der Waals surface area contributed by atoms with Crippen molar-refractivity contribution in [1.29, 1.82) is 0 Å². The van der Waals surface area contributed by atoms with Crippen LogP contribution in [-0.2, 0) is 14.8 Å². The van der Waals surface area contributed by atoms with E-state index in [0.717, 1.165) is 32.6 Å². The van der Waals surface area contributed by atoms with E-state index in [4.69, 9.17) is 4.74 Å². The molecule has 0 aliphatic carbocycles. The summed E-state index contributed by atoms with van der Waals surface area (Å²) in [5.41, 5.74) is 0. The van der Waals surface area contributed by atoms with Crippen LogP contribution in [-0.4, -0.2) is 47.5 Å². The Labute approximate surface area is 91.6 Å². The van der Waals surface area contributed by atoms with Crippen LogP contribution in [0.25, 0.3) is 0 Å². The third-order valence-corrected chi connectivity index (χ3v) is 3.17. The molecule has 0 spiro atoms. The Bertz CT molecular complexity index is 261. The molecule has 6 heteroatoms. The highest BCUT2D eigenvalue weighted by Crippen LogP contribution is 2.12. The highest BCUT2D eigenvalue weighted by Gasteiger charge is 2.12. The van der Waals surface area contributed by atoms with E-state index in [1.807, 2.05) is 0 Å². The van der Waals surface area contributed by atoms with Gasteiger partial charge in [0.1, 0.15) is 0 Å². The molecule has 0 bridgehead atoms. The summed E-state index contributed by atoms with van der Waals surface area (Å²) in [6.45, 7) is 3.81. The minimum atomic E-state index is -3.04. The molecule has 0 atom stereocenters. The first-order valence-corrected chi connectivity index (χ1v) is 7.20. The van der Waals surface area contributed by atoms with Gasteiger partial charge in [-0.1, -0.05) is 0 Å². The number of hydrogen-bond acceptors (Lipinski definition) is 4. The summed E-state index contributed by atoms with van der Waals surface area (Å²) in [4.78, 5) is 0. The Morgan fingerprint density at radius 3 is 2.53 bits per heavy atom. The molecule has 0 aromatic heterocycles. The SMILES string of the molecule is CS(=O)(=O)NCCNCC1CCOCC1. The van der Waals surface area contributed by atoms with E-state index in [2.05, 4.69) is 10.0 Å². The summed E-state index contributed by atoms with van der Waals surface area (Å²) in [6, 6.07) is 0. The van der Waals surface area contributed by atoms with E-state index in [0.29, 0.717) is 19.0 Å². The Hall–Kier alpha value is -0.170. The van der Waals surface area contributed by atoms with Gasteiger partial charge in [-0.25, -0.2) is 13.1 Å². The highest BCUT2D eigenvalue weighted by atomic mass is 32.2. The Balaban J connectivity index is 1.96. The maximum atomic E-state index is 10.7. The Morgan fingerprint density at radius 1 is 1.27 bits per heavy atom. The lowest BCUT2D eigenvalue weighted by molar-refractivity contribution is 0.0664. The molecule has 1 rings (SSSR count). The topological polar surface area (TPSA) is 67.4 Å². The number of nitrogens with one attached hydrogen (secondary N) is 2. The minimum Gasteiger partial charge on any atom is -0.381 e. The second kappa shape index (κ2) is 6.42. The maximum Gasteiger partial charge on any atom is 0.208 e. The van der Waals surface area contributed by atoms with E-state index in [1.165, 1.54) is 6.26 Å². The fraction of sp³-hybridized carbons (Fsp3) is 1.00. The third-order valence-electron chi connectivity index (χ3n) is 2.44. The number of sulfonamides is 1. The third kappa shape index (κ3) is 6.83. The molecule has 0 radical (unpaired) electrons. The highest BCUT2D eigenvalue weighted by molar-refractivity contribution is 7.88. The predicted octanol–water partition coefficient (Wildman–Crippen LogP) is -0.448. The summed E-state index contributed by atoms with van der Waals surface area (Å²) >= 11 is 0.